The highest BCUT2D eigenvalue weighted by atomic mass is 32.2. The monoisotopic (exact) mass is 343 g/mol. The van der Waals surface area contributed by atoms with Gasteiger partial charge < -0.3 is 0 Å². The Hall–Kier alpha value is -1.79. The second kappa shape index (κ2) is 8.35. The van der Waals surface area contributed by atoms with Crippen LogP contribution in [0.25, 0.3) is 0 Å². The minimum Gasteiger partial charge on any atom is -0.207 e. The van der Waals surface area contributed by atoms with Gasteiger partial charge in [0.1, 0.15) is 0 Å². The average Bonchev–Trinajstić information content (AvgIpc) is 3.36. The van der Waals surface area contributed by atoms with Crippen LogP contribution < -0.4 is 0 Å². The lowest BCUT2D eigenvalue weighted by Gasteiger charge is -2.21. The number of benzene rings is 1. The summed E-state index contributed by atoms with van der Waals surface area (Å²) in [5.41, 5.74) is 6.76. The predicted octanol–water partition coefficient (Wildman–Crippen LogP) is 4.05. The molecule has 0 bridgehead atoms. The molecule has 0 N–H and O–H groups in total. The maximum atomic E-state index is 12.9. The van der Waals surface area contributed by atoms with E-state index >= 15 is 0 Å². The zero-order valence-corrected chi connectivity index (χ0v) is 15.3. The van der Waals surface area contributed by atoms with E-state index in [9.17, 15) is 8.42 Å². The molecule has 0 aliphatic heterocycles. The molecule has 3 nitrogen and oxygen atoms in total. The third-order valence-corrected chi connectivity index (χ3v) is 5.79. The van der Waals surface area contributed by atoms with Crippen molar-refractivity contribution in [3.05, 3.63) is 46.7 Å². The van der Waals surface area contributed by atoms with Crippen LogP contribution in [-0.4, -0.2) is 25.8 Å². The first-order chi connectivity index (χ1) is 11.5. The van der Waals surface area contributed by atoms with Crippen molar-refractivity contribution in [1.29, 1.82) is 0 Å². The number of sulfonamides is 1. The van der Waals surface area contributed by atoms with Gasteiger partial charge in [-0.25, -0.2) is 8.42 Å². The smallest absolute Gasteiger partial charge is 0.207 e. The van der Waals surface area contributed by atoms with Crippen LogP contribution in [0.4, 0.5) is 0 Å². The third kappa shape index (κ3) is 5.11. The van der Waals surface area contributed by atoms with E-state index in [4.69, 9.17) is 6.42 Å². The van der Waals surface area contributed by atoms with Crippen LogP contribution >= 0.6 is 0 Å². The summed E-state index contributed by atoms with van der Waals surface area (Å²) in [5, 5.41) is 0. The summed E-state index contributed by atoms with van der Waals surface area (Å²) in [7, 11) is -3.59. The van der Waals surface area contributed by atoms with Crippen molar-refractivity contribution >= 4 is 10.0 Å². The van der Waals surface area contributed by atoms with Gasteiger partial charge in [-0.1, -0.05) is 37.0 Å². The minimum atomic E-state index is -3.59. The topological polar surface area (TPSA) is 37.4 Å². The Morgan fingerprint density at radius 3 is 2.46 bits per heavy atom. The van der Waals surface area contributed by atoms with Crippen molar-refractivity contribution in [3.63, 3.8) is 0 Å². The minimum absolute atomic E-state index is 0.0723. The zero-order valence-electron chi connectivity index (χ0n) is 14.5. The molecule has 0 unspecified atom stereocenters. The van der Waals surface area contributed by atoms with Crippen LogP contribution in [-0.2, 0) is 10.0 Å². The number of aryl methyl sites for hydroxylation is 1. The molecule has 1 aromatic carbocycles. The Balaban J connectivity index is 2.29. The fourth-order valence-corrected chi connectivity index (χ4v) is 3.76. The normalized spacial score (nSPS) is 13.5. The standard InChI is InChI=1S/C20H25NO2S/c1-4-6-7-19(15-18-10-11-18)16-21(14-5-2)24(22,23)20-12-8-17(3)9-13-20/h2,8-9,12-13H,4,6-7,10-11,14,16H2,1,3H3. The molecule has 0 radical (unpaired) electrons. The molecule has 1 aromatic rings. The highest BCUT2D eigenvalue weighted by molar-refractivity contribution is 7.89. The van der Waals surface area contributed by atoms with Gasteiger partial charge >= 0.3 is 0 Å². The van der Waals surface area contributed by atoms with Crippen molar-refractivity contribution in [2.75, 3.05) is 13.1 Å². The van der Waals surface area contributed by atoms with Crippen LogP contribution in [0.1, 0.15) is 44.6 Å². The molecule has 0 spiro atoms. The molecule has 1 aliphatic carbocycles. The Labute approximate surface area is 146 Å². The first-order valence-corrected chi connectivity index (χ1v) is 9.88. The lowest BCUT2D eigenvalue weighted by Crippen LogP contribution is -2.33. The SMILES string of the molecule is C#CCN(CC(=C=C1CC1)CCCC)S(=O)(=O)c1ccc(C)cc1. The predicted molar refractivity (Wildman–Crippen MR) is 98.1 cm³/mol. The fraction of sp³-hybridized carbons (Fsp3) is 0.450. The van der Waals surface area contributed by atoms with E-state index < -0.39 is 10.0 Å². The van der Waals surface area contributed by atoms with E-state index in [0.29, 0.717) is 6.54 Å². The maximum Gasteiger partial charge on any atom is 0.244 e. The Morgan fingerprint density at radius 2 is 1.92 bits per heavy atom. The summed E-state index contributed by atoms with van der Waals surface area (Å²) in [4.78, 5) is 0.289. The maximum absolute atomic E-state index is 12.9. The second-order valence-electron chi connectivity index (χ2n) is 6.23. The molecule has 24 heavy (non-hydrogen) atoms. The van der Waals surface area contributed by atoms with Gasteiger partial charge in [0, 0.05) is 6.54 Å². The molecule has 0 aromatic heterocycles. The summed E-state index contributed by atoms with van der Waals surface area (Å²) >= 11 is 0. The molecule has 0 heterocycles. The van der Waals surface area contributed by atoms with Crippen molar-refractivity contribution in [2.45, 2.75) is 50.8 Å². The lowest BCUT2D eigenvalue weighted by atomic mass is 10.1. The Kier molecular flexibility index (Phi) is 6.45. The molecule has 0 atom stereocenters. The quantitative estimate of drug-likeness (QED) is 0.527. The van der Waals surface area contributed by atoms with Crippen molar-refractivity contribution in [3.8, 4) is 12.3 Å². The number of unbranched alkanes of at least 4 members (excludes halogenated alkanes) is 1. The van der Waals surface area contributed by atoms with Crippen LogP contribution in [0.5, 0.6) is 0 Å². The number of nitrogens with zero attached hydrogens (tertiary/aromatic N) is 1. The largest absolute Gasteiger partial charge is 0.244 e. The van der Waals surface area contributed by atoms with Gasteiger partial charge in [0.05, 0.1) is 11.4 Å². The molecule has 1 aliphatic rings. The number of hydrogen-bond donors (Lipinski definition) is 0. The molecule has 128 valence electrons. The molecule has 1 saturated carbocycles. The van der Waals surface area contributed by atoms with Gasteiger partial charge in [0.15, 0.2) is 0 Å². The summed E-state index contributed by atoms with van der Waals surface area (Å²) < 4.78 is 27.2. The number of terminal acetylenes is 1. The van der Waals surface area contributed by atoms with Crippen molar-refractivity contribution < 1.29 is 8.42 Å². The van der Waals surface area contributed by atoms with E-state index in [1.54, 1.807) is 24.3 Å². The Bertz CT molecular complexity index is 770. The second-order valence-corrected chi connectivity index (χ2v) is 8.16. The van der Waals surface area contributed by atoms with Crippen LogP contribution in [0.15, 0.2) is 46.0 Å². The van der Waals surface area contributed by atoms with Gasteiger partial charge in [0.25, 0.3) is 0 Å². The van der Waals surface area contributed by atoms with Crippen LogP contribution in [0.2, 0.25) is 0 Å². The first kappa shape index (κ1) is 18.5. The molecule has 0 saturated heterocycles. The lowest BCUT2D eigenvalue weighted by molar-refractivity contribution is 0.466. The van der Waals surface area contributed by atoms with Crippen LogP contribution in [0.3, 0.4) is 0 Å². The third-order valence-electron chi connectivity index (χ3n) is 3.98. The van der Waals surface area contributed by atoms with Gasteiger partial charge in [-0.3, -0.25) is 0 Å². The molecule has 1 fully saturated rings. The average molecular weight is 343 g/mol. The van der Waals surface area contributed by atoms with Gasteiger partial charge in [0.2, 0.25) is 10.0 Å². The van der Waals surface area contributed by atoms with E-state index in [0.717, 1.165) is 43.2 Å². The summed E-state index contributed by atoms with van der Waals surface area (Å²) in [6.07, 6.45) is 10.6. The molecule has 4 heteroatoms. The Morgan fingerprint density at radius 1 is 1.25 bits per heavy atom. The highest BCUT2D eigenvalue weighted by Gasteiger charge is 2.25. The van der Waals surface area contributed by atoms with E-state index in [1.165, 1.54) is 9.88 Å². The first-order valence-electron chi connectivity index (χ1n) is 8.44. The molecular formula is C20H25NO2S. The summed E-state index contributed by atoms with van der Waals surface area (Å²) in [6, 6.07) is 6.90. The fourth-order valence-electron chi connectivity index (χ4n) is 2.41. The number of rotatable bonds is 8. The zero-order chi connectivity index (χ0) is 17.6. The van der Waals surface area contributed by atoms with E-state index in [2.05, 4.69) is 18.6 Å². The van der Waals surface area contributed by atoms with Gasteiger partial charge in [-0.2, -0.15) is 4.31 Å². The summed E-state index contributed by atoms with van der Waals surface area (Å²) in [5.74, 6) is 2.48. The van der Waals surface area contributed by atoms with E-state index in [1.807, 2.05) is 6.92 Å². The molecule has 2 rings (SSSR count). The molecular weight excluding hydrogens is 318 g/mol. The van der Waals surface area contributed by atoms with Crippen molar-refractivity contribution in [2.24, 2.45) is 0 Å². The van der Waals surface area contributed by atoms with Crippen molar-refractivity contribution in [1.82, 2.24) is 4.31 Å². The van der Waals surface area contributed by atoms with Gasteiger partial charge in [-0.05, 0) is 55.9 Å². The summed E-state index contributed by atoms with van der Waals surface area (Å²) in [6.45, 7) is 4.46. The van der Waals surface area contributed by atoms with E-state index in [-0.39, 0.29) is 11.4 Å². The van der Waals surface area contributed by atoms with Gasteiger partial charge in [-0.15, -0.1) is 12.2 Å². The highest BCUT2D eigenvalue weighted by Crippen LogP contribution is 2.28. The van der Waals surface area contributed by atoms with Crippen LogP contribution in [0, 0.1) is 19.3 Å². The number of hydrogen-bond acceptors (Lipinski definition) is 2. The molecule has 0 amide bonds.